The lowest BCUT2D eigenvalue weighted by atomic mass is 9.92. The molecule has 2 nitrogen and oxygen atoms in total. The number of rotatable bonds is 5. The molecule has 0 aliphatic heterocycles. The van der Waals surface area contributed by atoms with E-state index >= 15 is 0 Å². The van der Waals surface area contributed by atoms with E-state index in [2.05, 4.69) is 21.2 Å². The topological polar surface area (TPSA) is 32.3 Å². The summed E-state index contributed by atoms with van der Waals surface area (Å²) in [4.78, 5) is 1.15. The van der Waals surface area contributed by atoms with Crippen molar-refractivity contribution in [2.24, 2.45) is 0 Å². The van der Waals surface area contributed by atoms with Crippen molar-refractivity contribution in [3.8, 4) is 0 Å². The minimum Gasteiger partial charge on any atom is -0.394 e. The fourth-order valence-electron chi connectivity index (χ4n) is 1.87. The first kappa shape index (κ1) is 14.7. The van der Waals surface area contributed by atoms with Gasteiger partial charge in [-0.2, -0.15) is 0 Å². The molecule has 0 saturated carbocycles. The number of benzene rings is 1. The summed E-state index contributed by atoms with van der Waals surface area (Å²) in [6, 6.07) is 8.86. The first-order valence-electron chi connectivity index (χ1n) is 5.89. The first-order valence-corrected chi connectivity index (χ1v) is 7.56. The highest BCUT2D eigenvalue weighted by Gasteiger charge is 2.28. The Labute approximate surface area is 124 Å². The molecule has 102 valence electrons. The molecule has 2 aromatic rings. The van der Waals surface area contributed by atoms with Gasteiger partial charge in [0.05, 0.1) is 12.1 Å². The van der Waals surface area contributed by atoms with Crippen LogP contribution in [0.5, 0.6) is 0 Å². The summed E-state index contributed by atoms with van der Waals surface area (Å²) in [6.45, 7) is 2.23. The van der Waals surface area contributed by atoms with Crippen LogP contribution >= 0.6 is 27.3 Å². The van der Waals surface area contributed by atoms with Gasteiger partial charge >= 0.3 is 0 Å². The van der Waals surface area contributed by atoms with E-state index in [4.69, 9.17) is 0 Å². The van der Waals surface area contributed by atoms with Crippen molar-refractivity contribution in [1.82, 2.24) is 5.32 Å². The normalized spacial score (nSPS) is 14.3. The predicted octanol–water partition coefficient (Wildman–Crippen LogP) is 3.65. The predicted molar refractivity (Wildman–Crippen MR) is 79.7 cm³/mol. The number of aliphatic hydroxyl groups is 1. The minimum absolute atomic E-state index is 0.170. The first-order chi connectivity index (χ1) is 9.05. The zero-order chi connectivity index (χ0) is 13.9. The molecule has 1 unspecified atom stereocenters. The van der Waals surface area contributed by atoms with Crippen molar-refractivity contribution in [2.45, 2.75) is 19.0 Å². The average Bonchev–Trinajstić information content (AvgIpc) is 2.89. The summed E-state index contributed by atoms with van der Waals surface area (Å²) in [7, 11) is 0. The summed E-state index contributed by atoms with van der Waals surface area (Å²) < 4.78 is 14.7. The smallest absolute Gasteiger partial charge is 0.129 e. The molecule has 0 aliphatic rings. The van der Waals surface area contributed by atoms with Crippen LogP contribution in [0.1, 0.15) is 17.4 Å². The molecule has 1 heterocycles. The number of halogens is 2. The highest BCUT2D eigenvalue weighted by molar-refractivity contribution is 9.10. The maximum atomic E-state index is 14.0. The van der Waals surface area contributed by atoms with Gasteiger partial charge in [-0.25, -0.2) is 4.39 Å². The second kappa shape index (κ2) is 6.13. The van der Waals surface area contributed by atoms with E-state index < -0.39 is 5.54 Å². The Morgan fingerprint density at radius 3 is 2.79 bits per heavy atom. The van der Waals surface area contributed by atoms with E-state index in [1.165, 1.54) is 6.07 Å². The lowest BCUT2D eigenvalue weighted by Gasteiger charge is -2.29. The third kappa shape index (κ3) is 3.42. The van der Waals surface area contributed by atoms with Crippen molar-refractivity contribution in [1.29, 1.82) is 0 Å². The Kier molecular flexibility index (Phi) is 4.73. The van der Waals surface area contributed by atoms with Crippen molar-refractivity contribution in [3.05, 3.63) is 56.4 Å². The maximum absolute atomic E-state index is 14.0. The van der Waals surface area contributed by atoms with E-state index in [-0.39, 0.29) is 12.4 Å². The van der Waals surface area contributed by atoms with Gasteiger partial charge in [-0.15, -0.1) is 11.3 Å². The minimum atomic E-state index is -0.797. The van der Waals surface area contributed by atoms with Gasteiger partial charge < -0.3 is 10.4 Å². The fourth-order valence-corrected chi connectivity index (χ4v) is 2.85. The average molecular weight is 344 g/mol. The van der Waals surface area contributed by atoms with Crippen LogP contribution in [-0.2, 0) is 12.1 Å². The highest BCUT2D eigenvalue weighted by Crippen LogP contribution is 2.26. The Morgan fingerprint density at radius 2 is 2.21 bits per heavy atom. The van der Waals surface area contributed by atoms with E-state index in [0.717, 1.165) is 4.88 Å². The van der Waals surface area contributed by atoms with Crippen LogP contribution in [0.4, 0.5) is 4.39 Å². The molecular formula is C14H15BrFNOS. The van der Waals surface area contributed by atoms with Crippen LogP contribution in [0.3, 0.4) is 0 Å². The number of thiophene rings is 1. The number of hydrogen-bond acceptors (Lipinski definition) is 3. The van der Waals surface area contributed by atoms with Crippen molar-refractivity contribution < 1.29 is 9.50 Å². The van der Waals surface area contributed by atoms with Gasteiger partial charge in [0.1, 0.15) is 5.82 Å². The van der Waals surface area contributed by atoms with Crippen molar-refractivity contribution in [2.75, 3.05) is 6.61 Å². The summed E-state index contributed by atoms with van der Waals surface area (Å²) in [5.41, 5.74) is -0.329. The van der Waals surface area contributed by atoms with Crippen LogP contribution < -0.4 is 5.32 Å². The quantitative estimate of drug-likeness (QED) is 0.868. The third-order valence-electron chi connectivity index (χ3n) is 3.07. The van der Waals surface area contributed by atoms with E-state index in [9.17, 15) is 9.50 Å². The van der Waals surface area contributed by atoms with Crippen LogP contribution in [0.25, 0.3) is 0 Å². The zero-order valence-corrected chi connectivity index (χ0v) is 12.9. The van der Waals surface area contributed by atoms with E-state index in [1.807, 2.05) is 17.5 Å². The third-order valence-corrected chi connectivity index (χ3v) is 4.44. The summed E-state index contributed by atoms with van der Waals surface area (Å²) >= 11 is 4.86. The van der Waals surface area contributed by atoms with Gasteiger partial charge in [0.15, 0.2) is 0 Å². The molecule has 1 aromatic carbocycles. The largest absolute Gasteiger partial charge is 0.394 e. The Bertz CT molecular complexity index is 546. The van der Waals surface area contributed by atoms with Crippen LogP contribution in [0.15, 0.2) is 40.2 Å². The van der Waals surface area contributed by atoms with Gasteiger partial charge in [-0.3, -0.25) is 0 Å². The maximum Gasteiger partial charge on any atom is 0.129 e. The molecule has 1 atom stereocenters. The molecule has 19 heavy (non-hydrogen) atoms. The second-order valence-corrected chi connectivity index (χ2v) is 6.50. The Balaban J connectivity index is 2.21. The Hall–Kier alpha value is -0.750. The fraction of sp³-hybridized carbons (Fsp3) is 0.286. The number of hydrogen-bond donors (Lipinski definition) is 2. The van der Waals surface area contributed by atoms with Gasteiger partial charge in [-0.1, -0.05) is 28.1 Å². The molecule has 2 N–H and O–H groups in total. The van der Waals surface area contributed by atoms with Crippen LogP contribution in [0.2, 0.25) is 0 Å². The lowest BCUT2D eigenvalue weighted by molar-refractivity contribution is 0.170. The number of nitrogens with one attached hydrogen (secondary N) is 1. The molecule has 0 amide bonds. The molecule has 0 radical (unpaired) electrons. The van der Waals surface area contributed by atoms with Crippen molar-refractivity contribution >= 4 is 27.3 Å². The lowest BCUT2D eigenvalue weighted by Crippen LogP contribution is -2.43. The summed E-state index contributed by atoms with van der Waals surface area (Å²) in [5.74, 6) is -0.329. The highest BCUT2D eigenvalue weighted by atomic mass is 79.9. The number of aliphatic hydroxyl groups excluding tert-OH is 1. The summed E-state index contributed by atoms with van der Waals surface area (Å²) in [5, 5.41) is 14.8. The standard InChI is InChI=1S/C14H15BrFNOS/c1-14(9-18,17-8-11-3-2-6-19-11)12-5-4-10(15)7-13(12)16/h2-7,17-18H,8-9H2,1H3. The second-order valence-electron chi connectivity index (χ2n) is 4.55. The van der Waals surface area contributed by atoms with Crippen LogP contribution in [-0.4, -0.2) is 11.7 Å². The molecule has 5 heteroatoms. The van der Waals surface area contributed by atoms with Gasteiger partial charge in [0.2, 0.25) is 0 Å². The van der Waals surface area contributed by atoms with Gasteiger partial charge in [0.25, 0.3) is 0 Å². The molecule has 2 rings (SSSR count). The summed E-state index contributed by atoms with van der Waals surface area (Å²) in [6.07, 6.45) is 0. The van der Waals surface area contributed by atoms with Gasteiger partial charge in [-0.05, 0) is 30.5 Å². The Morgan fingerprint density at radius 1 is 1.42 bits per heavy atom. The monoisotopic (exact) mass is 343 g/mol. The molecule has 0 spiro atoms. The van der Waals surface area contributed by atoms with Crippen LogP contribution in [0, 0.1) is 5.82 Å². The van der Waals surface area contributed by atoms with Gasteiger partial charge in [0, 0.05) is 21.5 Å². The van der Waals surface area contributed by atoms with E-state index in [1.54, 1.807) is 30.4 Å². The molecular weight excluding hydrogens is 329 g/mol. The molecule has 0 bridgehead atoms. The SMILES string of the molecule is CC(CO)(NCc1cccs1)c1ccc(Br)cc1F. The zero-order valence-electron chi connectivity index (χ0n) is 10.5. The molecule has 0 saturated heterocycles. The van der Waals surface area contributed by atoms with Crippen molar-refractivity contribution in [3.63, 3.8) is 0 Å². The molecule has 0 aliphatic carbocycles. The molecule has 0 fully saturated rings. The van der Waals surface area contributed by atoms with E-state index in [0.29, 0.717) is 16.6 Å². The molecule has 1 aromatic heterocycles.